The Labute approximate surface area is 103 Å². The quantitative estimate of drug-likeness (QED) is 0.846. The molecule has 0 atom stereocenters. The van der Waals surface area contributed by atoms with E-state index in [1.807, 2.05) is 13.8 Å². The lowest BCUT2D eigenvalue weighted by molar-refractivity contribution is 0.0786. The van der Waals surface area contributed by atoms with Crippen molar-refractivity contribution in [3.05, 3.63) is 29.3 Å². The van der Waals surface area contributed by atoms with Gasteiger partial charge in [-0.2, -0.15) is 0 Å². The molecule has 17 heavy (non-hydrogen) atoms. The van der Waals surface area contributed by atoms with Crippen molar-refractivity contribution in [3.63, 3.8) is 0 Å². The van der Waals surface area contributed by atoms with Gasteiger partial charge in [0.15, 0.2) is 0 Å². The second-order valence-corrected chi connectivity index (χ2v) is 5.93. The Morgan fingerprint density at radius 1 is 1.29 bits per heavy atom. The van der Waals surface area contributed by atoms with Gasteiger partial charge >= 0.3 is 0 Å². The molecule has 2 nitrogen and oxygen atoms in total. The summed E-state index contributed by atoms with van der Waals surface area (Å²) in [7, 11) is 0. The highest BCUT2D eigenvalue weighted by Crippen LogP contribution is 2.38. The third kappa shape index (κ3) is 1.85. The summed E-state index contributed by atoms with van der Waals surface area (Å²) in [6.07, 6.45) is 5.22. The highest BCUT2D eigenvalue weighted by atomic mass is 16.3. The van der Waals surface area contributed by atoms with E-state index in [-0.39, 0.29) is 0 Å². The van der Waals surface area contributed by atoms with E-state index in [0.717, 1.165) is 24.6 Å². The fourth-order valence-electron chi connectivity index (χ4n) is 2.86. The third-order valence-electron chi connectivity index (χ3n) is 4.24. The zero-order valence-corrected chi connectivity index (χ0v) is 10.7. The first-order valence-corrected chi connectivity index (χ1v) is 6.68. The molecule has 1 N–H and O–H groups in total. The molecule has 1 fully saturated rings. The normalized spacial score (nSPS) is 20.3. The minimum absolute atomic E-state index is 0.733. The summed E-state index contributed by atoms with van der Waals surface area (Å²) in [6, 6.07) is 7.22. The van der Waals surface area contributed by atoms with Crippen LogP contribution in [0, 0.1) is 0 Å². The maximum atomic E-state index is 10.1. The molecule has 3 rings (SSSR count). The van der Waals surface area contributed by atoms with E-state index in [4.69, 9.17) is 0 Å². The number of aliphatic hydroxyl groups is 1. The predicted octanol–water partition coefficient (Wildman–Crippen LogP) is 2.83. The van der Waals surface area contributed by atoms with Gasteiger partial charge in [0.1, 0.15) is 0 Å². The fourth-order valence-corrected chi connectivity index (χ4v) is 2.86. The molecule has 1 aliphatic carbocycles. The number of fused-ring (bicyclic) bond motifs is 1. The van der Waals surface area contributed by atoms with Crippen LogP contribution in [-0.2, 0) is 12.0 Å². The van der Waals surface area contributed by atoms with Crippen molar-refractivity contribution in [3.8, 4) is 0 Å². The maximum absolute atomic E-state index is 10.1. The van der Waals surface area contributed by atoms with E-state index < -0.39 is 5.60 Å². The molecule has 0 saturated heterocycles. The number of rotatable bonds is 2. The molecule has 0 aromatic heterocycles. The van der Waals surface area contributed by atoms with Crippen molar-refractivity contribution < 1.29 is 5.11 Å². The molecule has 2 heteroatoms. The van der Waals surface area contributed by atoms with Crippen LogP contribution in [0.15, 0.2) is 18.2 Å². The van der Waals surface area contributed by atoms with Crippen molar-refractivity contribution >= 4 is 5.69 Å². The van der Waals surface area contributed by atoms with Gasteiger partial charge in [-0.1, -0.05) is 12.1 Å². The molecule has 1 aliphatic heterocycles. The standard InChI is InChI=1S/C15H21NO/c1-15(2,17)12-7-6-11-8-9-16(14(11)10-12)13-4-3-5-13/h6-7,10,13,17H,3-5,8-9H2,1-2H3. The number of hydrogen-bond donors (Lipinski definition) is 1. The van der Waals surface area contributed by atoms with Crippen molar-refractivity contribution in [2.75, 3.05) is 11.4 Å². The van der Waals surface area contributed by atoms with Crippen LogP contribution in [0.1, 0.15) is 44.2 Å². The Hall–Kier alpha value is -1.02. The van der Waals surface area contributed by atoms with E-state index in [1.165, 1.54) is 30.5 Å². The maximum Gasteiger partial charge on any atom is 0.0841 e. The smallest absolute Gasteiger partial charge is 0.0841 e. The molecular weight excluding hydrogens is 210 g/mol. The van der Waals surface area contributed by atoms with E-state index in [0.29, 0.717) is 0 Å². The summed E-state index contributed by atoms with van der Waals surface area (Å²) in [4.78, 5) is 2.55. The van der Waals surface area contributed by atoms with Crippen LogP contribution in [0.2, 0.25) is 0 Å². The summed E-state index contributed by atoms with van der Waals surface area (Å²) in [5.74, 6) is 0. The lowest BCUT2D eigenvalue weighted by Gasteiger charge is -2.37. The van der Waals surface area contributed by atoms with Crippen LogP contribution in [0.25, 0.3) is 0 Å². The Morgan fingerprint density at radius 2 is 2.06 bits per heavy atom. The van der Waals surface area contributed by atoms with Gasteiger partial charge in [0.25, 0.3) is 0 Å². The summed E-state index contributed by atoms with van der Waals surface area (Å²) in [5, 5.41) is 10.1. The zero-order valence-electron chi connectivity index (χ0n) is 10.7. The first-order valence-electron chi connectivity index (χ1n) is 6.68. The van der Waals surface area contributed by atoms with Crippen LogP contribution in [0.5, 0.6) is 0 Å². The Bertz CT molecular complexity index is 429. The number of benzene rings is 1. The molecule has 1 aromatic carbocycles. The number of hydrogen-bond acceptors (Lipinski definition) is 2. The van der Waals surface area contributed by atoms with Gasteiger partial charge in [-0.15, -0.1) is 0 Å². The largest absolute Gasteiger partial charge is 0.386 e. The van der Waals surface area contributed by atoms with Crippen molar-refractivity contribution in [2.45, 2.75) is 51.2 Å². The van der Waals surface area contributed by atoms with E-state index >= 15 is 0 Å². The molecular formula is C15H21NO. The first-order chi connectivity index (χ1) is 8.05. The van der Waals surface area contributed by atoms with Gasteiger partial charge in [-0.05, 0) is 56.7 Å². The summed E-state index contributed by atoms with van der Waals surface area (Å²) in [6.45, 7) is 4.88. The topological polar surface area (TPSA) is 23.5 Å². The van der Waals surface area contributed by atoms with E-state index in [9.17, 15) is 5.11 Å². The fraction of sp³-hybridized carbons (Fsp3) is 0.600. The molecule has 0 unspecified atom stereocenters. The number of anilines is 1. The zero-order chi connectivity index (χ0) is 12.0. The van der Waals surface area contributed by atoms with Gasteiger partial charge in [0.05, 0.1) is 5.60 Å². The van der Waals surface area contributed by atoms with Gasteiger partial charge in [0, 0.05) is 18.3 Å². The minimum Gasteiger partial charge on any atom is -0.386 e. The molecule has 0 spiro atoms. The SMILES string of the molecule is CC(C)(O)c1ccc2c(c1)N(C1CCC1)CC2. The molecule has 1 saturated carbocycles. The second-order valence-electron chi connectivity index (χ2n) is 5.93. The number of nitrogens with zero attached hydrogens (tertiary/aromatic N) is 1. The summed E-state index contributed by atoms with van der Waals surface area (Å²) >= 11 is 0. The molecule has 1 heterocycles. The van der Waals surface area contributed by atoms with Crippen LogP contribution < -0.4 is 4.90 Å². The Balaban J connectivity index is 1.95. The molecule has 0 amide bonds. The van der Waals surface area contributed by atoms with Gasteiger partial charge in [-0.3, -0.25) is 0 Å². The van der Waals surface area contributed by atoms with Crippen LogP contribution in [0.4, 0.5) is 5.69 Å². The third-order valence-corrected chi connectivity index (χ3v) is 4.24. The summed E-state index contributed by atoms with van der Waals surface area (Å²) in [5.41, 5.74) is 3.12. The Morgan fingerprint density at radius 3 is 2.65 bits per heavy atom. The van der Waals surface area contributed by atoms with Gasteiger partial charge < -0.3 is 10.0 Å². The highest BCUT2D eigenvalue weighted by molar-refractivity contribution is 5.61. The second kappa shape index (κ2) is 3.74. The van der Waals surface area contributed by atoms with Crippen molar-refractivity contribution in [2.24, 2.45) is 0 Å². The monoisotopic (exact) mass is 231 g/mol. The summed E-state index contributed by atoms with van der Waals surface area (Å²) < 4.78 is 0. The van der Waals surface area contributed by atoms with Crippen LogP contribution in [0.3, 0.4) is 0 Å². The molecule has 0 radical (unpaired) electrons. The van der Waals surface area contributed by atoms with Gasteiger partial charge in [-0.25, -0.2) is 0 Å². The van der Waals surface area contributed by atoms with E-state index in [2.05, 4.69) is 23.1 Å². The lowest BCUT2D eigenvalue weighted by Crippen LogP contribution is -2.39. The van der Waals surface area contributed by atoms with Crippen molar-refractivity contribution in [1.82, 2.24) is 0 Å². The lowest BCUT2D eigenvalue weighted by atomic mass is 9.91. The molecule has 92 valence electrons. The highest BCUT2D eigenvalue weighted by Gasteiger charge is 2.31. The van der Waals surface area contributed by atoms with Crippen LogP contribution >= 0.6 is 0 Å². The Kier molecular flexibility index (Phi) is 2.44. The molecule has 0 bridgehead atoms. The predicted molar refractivity (Wildman–Crippen MR) is 70.4 cm³/mol. The van der Waals surface area contributed by atoms with E-state index in [1.54, 1.807) is 0 Å². The van der Waals surface area contributed by atoms with Crippen LogP contribution in [-0.4, -0.2) is 17.7 Å². The first kappa shape index (κ1) is 11.1. The molecule has 2 aliphatic rings. The molecule has 1 aromatic rings. The minimum atomic E-state index is -0.733. The average molecular weight is 231 g/mol. The van der Waals surface area contributed by atoms with Crippen molar-refractivity contribution in [1.29, 1.82) is 0 Å². The van der Waals surface area contributed by atoms with Gasteiger partial charge in [0.2, 0.25) is 0 Å². The average Bonchev–Trinajstić information content (AvgIpc) is 2.57.